The van der Waals surface area contributed by atoms with E-state index in [9.17, 15) is 13.2 Å². The summed E-state index contributed by atoms with van der Waals surface area (Å²) >= 11 is 0. The summed E-state index contributed by atoms with van der Waals surface area (Å²) in [5.41, 5.74) is 2.37. The van der Waals surface area contributed by atoms with Crippen LogP contribution in [0.3, 0.4) is 0 Å². The van der Waals surface area contributed by atoms with Gasteiger partial charge in [-0.15, -0.1) is 0 Å². The van der Waals surface area contributed by atoms with Gasteiger partial charge in [-0.05, 0) is 104 Å². The lowest BCUT2D eigenvalue weighted by Crippen LogP contribution is -2.40. The average Bonchev–Trinajstić information content (AvgIpc) is 3.71. The van der Waals surface area contributed by atoms with E-state index in [0.29, 0.717) is 42.0 Å². The molecule has 8 atom stereocenters. The summed E-state index contributed by atoms with van der Waals surface area (Å²) < 4.78 is 40.6. The highest BCUT2D eigenvalue weighted by Gasteiger charge is 2.41. The highest BCUT2D eigenvalue weighted by molar-refractivity contribution is 7.98. The lowest BCUT2D eigenvalue weighted by atomic mass is 9.69. The maximum Gasteiger partial charge on any atom is 0.223 e. The van der Waals surface area contributed by atoms with Crippen LogP contribution in [0.4, 0.5) is 0 Å². The first-order valence-electron chi connectivity index (χ1n) is 13.1. The zero-order chi connectivity index (χ0) is 24.9. The third kappa shape index (κ3) is 7.56. The van der Waals surface area contributed by atoms with Gasteiger partial charge in [0.1, 0.15) is 6.29 Å². The molecule has 34 heavy (non-hydrogen) atoms. The molecule has 3 aliphatic rings. The van der Waals surface area contributed by atoms with Gasteiger partial charge in [0.2, 0.25) is 10.0 Å². The van der Waals surface area contributed by atoms with Crippen molar-refractivity contribution >= 4 is 33.8 Å². The van der Waals surface area contributed by atoms with Gasteiger partial charge in [-0.25, -0.2) is 8.42 Å². The van der Waals surface area contributed by atoms with Gasteiger partial charge >= 0.3 is 0 Å². The van der Waals surface area contributed by atoms with E-state index in [4.69, 9.17) is 9.47 Å². The number of aldehydes is 1. The molecule has 196 valence electrons. The first kappa shape index (κ1) is 28.7. The van der Waals surface area contributed by atoms with Crippen molar-refractivity contribution in [3.8, 4) is 0 Å². The minimum atomic E-state index is -3.32. The van der Waals surface area contributed by atoms with Crippen LogP contribution in [0.5, 0.6) is 0 Å². The van der Waals surface area contributed by atoms with E-state index in [1.807, 2.05) is 10.8 Å². The van der Waals surface area contributed by atoms with Crippen molar-refractivity contribution in [1.82, 2.24) is 3.85 Å². The van der Waals surface area contributed by atoms with E-state index in [1.54, 1.807) is 7.11 Å². The van der Waals surface area contributed by atoms with Crippen LogP contribution in [0.2, 0.25) is 0 Å². The van der Waals surface area contributed by atoms with Gasteiger partial charge in [0.15, 0.2) is 0 Å². The predicted octanol–water partition coefficient (Wildman–Crippen LogP) is 5.38. The zero-order valence-corrected chi connectivity index (χ0v) is 24.4. The largest absolute Gasteiger partial charge is 0.382 e. The van der Waals surface area contributed by atoms with Crippen molar-refractivity contribution in [2.75, 3.05) is 20.3 Å². The number of carbonyl (C=O) groups excluding carboxylic acids is 1. The molecule has 3 fully saturated rings. The Morgan fingerprint density at radius 1 is 1.03 bits per heavy atom. The molecule has 0 aromatic heterocycles. The number of methoxy groups -OCH3 is 1. The van der Waals surface area contributed by atoms with Crippen LogP contribution < -0.4 is 0 Å². The summed E-state index contributed by atoms with van der Waals surface area (Å²) in [6.07, 6.45) is 10.7. The number of nitrogens with zero attached hydrogens (tertiary/aromatic N) is 1. The zero-order valence-electron chi connectivity index (χ0n) is 21.5. The molecule has 0 aromatic carbocycles. The lowest BCUT2D eigenvalue weighted by Gasteiger charge is -2.40. The Morgan fingerprint density at radius 3 is 2.09 bits per heavy atom. The van der Waals surface area contributed by atoms with E-state index in [0.717, 1.165) is 25.5 Å². The highest BCUT2D eigenvalue weighted by atomic mass is 32.2. The monoisotopic (exact) mass is 533 g/mol. The van der Waals surface area contributed by atoms with Crippen LogP contribution in [0, 0.1) is 23.7 Å². The van der Waals surface area contributed by atoms with Crippen molar-refractivity contribution in [3.05, 3.63) is 11.6 Å². The lowest BCUT2D eigenvalue weighted by molar-refractivity contribution is -0.120. The van der Waals surface area contributed by atoms with Gasteiger partial charge < -0.3 is 14.3 Å². The fourth-order valence-corrected chi connectivity index (χ4v) is 11.7. The molecule has 0 amide bonds. The van der Waals surface area contributed by atoms with Crippen molar-refractivity contribution in [1.29, 1.82) is 0 Å². The van der Waals surface area contributed by atoms with E-state index in [2.05, 4.69) is 26.8 Å². The third-order valence-corrected chi connectivity index (χ3v) is 15.0. The van der Waals surface area contributed by atoms with E-state index in [-0.39, 0.29) is 29.8 Å². The smallest absolute Gasteiger partial charge is 0.223 e. The molecule has 3 unspecified atom stereocenters. The van der Waals surface area contributed by atoms with E-state index >= 15 is 0 Å². The summed E-state index contributed by atoms with van der Waals surface area (Å²) in [6, 6.07) is 0. The Morgan fingerprint density at radius 2 is 1.65 bits per heavy atom. The molecule has 9 heteroatoms. The van der Waals surface area contributed by atoms with E-state index in [1.165, 1.54) is 31.3 Å². The Hall–Kier alpha value is 0.100. The summed E-state index contributed by atoms with van der Waals surface area (Å²) in [6.45, 7) is 9.25. The minimum Gasteiger partial charge on any atom is -0.382 e. The van der Waals surface area contributed by atoms with Crippen LogP contribution >= 0.6 is 17.5 Å². The Bertz CT molecular complexity index is 785. The molecule has 3 saturated carbocycles. The van der Waals surface area contributed by atoms with E-state index < -0.39 is 15.3 Å². The van der Waals surface area contributed by atoms with Crippen LogP contribution in [-0.2, 0) is 24.3 Å². The van der Waals surface area contributed by atoms with Gasteiger partial charge in [-0.1, -0.05) is 26.8 Å². The molecular weight excluding hydrogens is 488 g/mol. The summed E-state index contributed by atoms with van der Waals surface area (Å²) in [5.74, 6) is 0.345. The Labute approximate surface area is 211 Å². The molecule has 0 aliphatic heterocycles. The number of rotatable bonds is 17. The van der Waals surface area contributed by atoms with Crippen LogP contribution in [0.15, 0.2) is 11.6 Å². The molecule has 0 bridgehead atoms. The molecule has 0 heterocycles. The minimum absolute atomic E-state index is 0.00932. The van der Waals surface area contributed by atoms with Gasteiger partial charge in [-0.2, -0.15) is 3.85 Å². The Balaban J connectivity index is 1.72. The van der Waals surface area contributed by atoms with Gasteiger partial charge in [0.25, 0.3) is 0 Å². The second-order valence-corrected chi connectivity index (χ2v) is 16.7. The molecule has 3 rings (SSSR count). The van der Waals surface area contributed by atoms with Crippen molar-refractivity contribution in [3.63, 3.8) is 0 Å². The SMILES string of the molecule is CC/C(=C\C(C)[C@H](C)[C@@H](C)S(=O)(=O)N(PC1CC1)PC1CC1)[C@H](OCCOC)[C@@H]1CC[C@H]1C=O. The maximum absolute atomic E-state index is 13.7. The normalized spacial score (nSPS) is 27.9. The number of allylic oxidation sites excluding steroid dienone is 1. The quantitative estimate of drug-likeness (QED) is 0.109. The van der Waals surface area contributed by atoms with Crippen molar-refractivity contribution in [2.24, 2.45) is 23.7 Å². The summed E-state index contributed by atoms with van der Waals surface area (Å²) in [4.78, 5) is 11.5. The first-order chi connectivity index (χ1) is 16.2. The average molecular weight is 534 g/mol. The number of hydrogen-bond acceptors (Lipinski definition) is 5. The number of sulfonamides is 1. The standard InChI is InChI=1S/C25H45NO5P2S/c1-6-20(25(31-14-13-30-5)24-12-7-21(24)16-27)15-17(2)18(3)19(4)34(28,29)26(32-22-8-9-22)33-23-10-11-23/h15-19,21-25,32-33H,6-14H2,1-5H3/b20-15+/t17?,18-,19+,21-,24+,25-/m0/s1. The second-order valence-electron chi connectivity index (χ2n) is 10.5. The Kier molecular flexibility index (Phi) is 11.0. The van der Waals surface area contributed by atoms with Gasteiger partial charge in [0.05, 0.1) is 24.6 Å². The van der Waals surface area contributed by atoms with Crippen LogP contribution in [0.1, 0.15) is 72.6 Å². The van der Waals surface area contributed by atoms with Crippen LogP contribution in [0.25, 0.3) is 0 Å². The molecule has 6 nitrogen and oxygen atoms in total. The topological polar surface area (TPSA) is 72.9 Å². The molecule has 0 spiro atoms. The maximum atomic E-state index is 13.7. The number of hydrogen-bond donors (Lipinski definition) is 0. The molecule has 0 aromatic rings. The van der Waals surface area contributed by atoms with Crippen molar-refractivity contribution in [2.45, 2.75) is 95.3 Å². The molecule has 0 N–H and O–H groups in total. The second kappa shape index (κ2) is 13.1. The van der Waals surface area contributed by atoms with Crippen molar-refractivity contribution < 1.29 is 22.7 Å². The summed E-state index contributed by atoms with van der Waals surface area (Å²) in [5, 5.41) is -0.423. The molecular formula is C25H45NO5P2S. The third-order valence-electron chi connectivity index (χ3n) is 7.83. The molecule has 0 saturated heterocycles. The summed E-state index contributed by atoms with van der Waals surface area (Å²) in [7, 11) is -0.814. The fourth-order valence-electron chi connectivity index (χ4n) is 4.57. The van der Waals surface area contributed by atoms with Gasteiger partial charge in [0, 0.05) is 13.0 Å². The van der Waals surface area contributed by atoms with Gasteiger partial charge in [-0.3, -0.25) is 0 Å². The predicted molar refractivity (Wildman–Crippen MR) is 143 cm³/mol. The highest BCUT2D eigenvalue weighted by Crippen LogP contribution is 2.54. The molecule has 0 radical (unpaired) electrons. The number of carbonyl (C=O) groups is 1. The molecule has 3 aliphatic carbocycles. The fraction of sp³-hybridized carbons (Fsp3) is 0.880. The van der Waals surface area contributed by atoms with Crippen LogP contribution in [-0.4, -0.2) is 61.5 Å². The number of ether oxygens (including phenoxy) is 2. The first-order valence-corrected chi connectivity index (χ1v) is 16.6.